The second kappa shape index (κ2) is 11.4. The van der Waals surface area contributed by atoms with Gasteiger partial charge in [-0.1, -0.05) is 0 Å². The first kappa shape index (κ1) is 28.9. The predicted molar refractivity (Wildman–Crippen MR) is 158 cm³/mol. The summed E-state index contributed by atoms with van der Waals surface area (Å²) < 4.78 is 13.9. The van der Waals surface area contributed by atoms with Crippen LogP contribution in [0.3, 0.4) is 0 Å². The van der Waals surface area contributed by atoms with Crippen LogP contribution >= 0.6 is 0 Å². The number of hydrogen-bond donors (Lipinski definition) is 1. The van der Waals surface area contributed by atoms with Crippen molar-refractivity contribution in [1.82, 2.24) is 24.1 Å². The molecule has 1 fully saturated rings. The highest BCUT2D eigenvalue weighted by molar-refractivity contribution is 6.02. The Bertz CT molecular complexity index is 1690. The minimum absolute atomic E-state index is 0.0545. The van der Waals surface area contributed by atoms with Crippen LogP contribution in [0.4, 0.5) is 22.1 Å². The SMILES string of the molecule is CO[C@H]1CC[C@@H]1CC(=O)c1cnn2c(N(C)C(=O)OC(C)(C)C)cc(Nc3cccn(-c4ccc(C)nc4)c3=O)nc12. The topological polar surface area (TPSA) is 133 Å². The van der Waals surface area contributed by atoms with Gasteiger partial charge < -0.3 is 14.8 Å². The molecule has 4 heterocycles. The summed E-state index contributed by atoms with van der Waals surface area (Å²) in [5.74, 6) is 0.550. The smallest absolute Gasteiger partial charge is 0.415 e. The van der Waals surface area contributed by atoms with E-state index >= 15 is 0 Å². The molecule has 0 bridgehead atoms. The van der Waals surface area contributed by atoms with Crippen LogP contribution < -0.4 is 15.8 Å². The number of ether oxygens (including phenoxy) is 2. The van der Waals surface area contributed by atoms with Crippen LogP contribution in [0.5, 0.6) is 0 Å². The largest absolute Gasteiger partial charge is 0.443 e. The summed E-state index contributed by atoms with van der Waals surface area (Å²) >= 11 is 0. The fourth-order valence-corrected chi connectivity index (χ4v) is 4.83. The molecule has 1 aliphatic rings. The van der Waals surface area contributed by atoms with Gasteiger partial charge in [0, 0.05) is 38.5 Å². The Morgan fingerprint density at radius 2 is 1.95 bits per heavy atom. The molecule has 0 unspecified atom stereocenters. The number of aromatic nitrogens is 5. The summed E-state index contributed by atoms with van der Waals surface area (Å²) in [6.07, 6.45) is 6.31. The lowest BCUT2D eigenvalue weighted by Gasteiger charge is -2.34. The van der Waals surface area contributed by atoms with Gasteiger partial charge in [-0.05, 0) is 70.7 Å². The van der Waals surface area contributed by atoms with E-state index < -0.39 is 11.7 Å². The van der Waals surface area contributed by atoms with Crippen LogP contribution in [0.2, 0.25) is 0 Å². The van der Waals surface area contributed by atoms with Crippen LogP contribution in [0, 0.1) is 12.8 Å². The van der Waals surface area contributed by atoms with Gasteiger partial charge in [-0.2, -0.15) is 9.61 Å². The van der Waals surface area contributed by atoms with Crippen molar-refractivity contribution in [3.8, 4) is 5.69 Å². The summed E-state index contributed by atoms with van der Waals surface area (Å²) in [7, 11) is 3.20. The quantitative estimate of drug-likeness (QED) is 0.298. The van der Waals surface area contributed by atoms with E-state index in [9.17, 15) is 14.4 Å². The van der Waals surface area contributed by atoms with Gasteiger partial charge in [-0.25, -0.2) is 9.78 Å². The highest BCUT2D eigenvalue weighted by atomic mass is 16.6. The molecule has 0 aromatic carbocycles. The molecular weight excluding hydrogens is 538 g/mol. The van der Waals surface area contributed by atoms with Gasteiger partial charge in [0.1, 0.15) is 22.9 Å². The average Bonchev–Trinajstić information content (AvgIpc) is 3.35. The van der Waals surface area contributed by atoms with Crippen LogP contribution in [0.15, 0.2) is 53.7 Å². The summed E-state index contributed by atoms with van der Waals surface area (Å²) in [5, 5.41) is 7.50. The molecule has 2 atom stereocenters. The van der Waals surface area contributed by atoms with E-state index in [1.54, 1.807) is 65.5 Å². The van der Waals surface area contributed by atoms with Crippen molar-refractivity contribution < 1.29 is 19.1 Å². The van der Waals surface area contributed by atoms with E-state index in [0.717, 1.165) is 18.5 Å². The standard InChI is InChI=1S/C30H35N7O5/c1-18-9-11-20(16-31-18)36-13-7-8-22(28(36)39)33-25-15-26(35(5)29(40)42-30(2,3)4)37-27(34-25)21(17-32-37)23(38)14-19-10-12-24(19)41-6/h7-9,11,13,15-17,19,24H,10,12,14H2,1-6H3,(H,33,34)/t19-,24+/m1/s1. The number of anilines is 3. The lowest BCUT2D eigenvalue weighted by Crippen LogP contribution is -2.35. The normalized spacial score (nSPS) is 16.6. The number of methoxy groups -OCH3 is 1. The lowest BCUT2D eigenvalue weighted by atomic mass is 9.78. The first-order valence-electron chi connectivity index (χ1n) is 13.8. The number of pyridine rings is 2. The van der Waals surface area contributed by atoms with E-state index in [-0.39, 0.29) is 40.5 Å². The monoisotopic (exact) mass is 573 g/mol. The molecular formula is C30H35N7O5. The minimum Gasteiger partial charge on any atom is -0.443 e. The number of aryl methyl sites for hydroxylation is 1. The lowest BCUT2D eigenvalue weighted by molar-refractivity contribution is -0.0171. The van der Waals surface area contributed by atoms with Crippen molar-refractivity contribution in [3.63, 3.8) is 0 Å². The molecule has 1 saturated carbocycles. The molecule has 5 rings (SSSR count). The van der Waals surface area contributed by atoms with Gasteiger partial charge in [0.15, 0.2) is 11.4 Å². The Morgan fingerprint density at radius 3 is 2.60 bits per heavy atom. The maximum atomic E-state index is 13.4. The third-order valence-corrected chi connectivity index (χ3v) is 7.25. The highest BCUT2D eigenvalue weighted by Gasteiger charge is 2.34. The van der Waals surface area contributed by atoms with Crippen molar-refractivity contribution in [3.05, 3.63) is 70.5 Å². The highest BCUT2D eigenvalue weighted by Crippen LogP contribution is 2.34. The number of fused-ring (bicyclic) bond motifs is 1. The van der Waals surface area contributed by atoms with Crippen LogP contribution in [-0.4, -0.2) is 61.9 Å². The zero-order valence-electron chi connectivity index (χ0n) is 24.6. The van der Waals surface area contributed by atoms with E-state index in [0.29, 0.717) is 23.5 Å². The fourth-order valence-electron chi connectivity index (χ4n) is 4.83. The maximum absolute atomic E-state index is 13.4. The van der Waals surface area contributed by atoms with Crippen LogP contribution in [-0.2, 0) is 9.47 Å². The minimum atomic E-state index is -0.732. The third kappa shape index (κ3) is 5.89. The summed E-state index contributed by atoms with van der Waals surface area (Å²) in [6.45, 7) is 7.19. The molecule has 12 nitrogen and oxygen atoms in total. The Kier molecular flexibility index (Phi) is 7.83. The van der Waals surface area contributed by atoms with E-state index in [4.69, 9.17) is 9.47 Å². The zero-order chi connectivity index (χ0) is 30.2. The Morgan fingerprint density at radius 1 is 1.17 bits per heavy atom. The van der Waals surface area contributed by atoms with Crippen molar-refractivity contribution in [2.24, 2.45) is 5.92 Å². The van der Waals surface area contributed by atoms with Crippen molar-refractivity contribution >= 4 is 34.8 Å². The molecule has 1 aliphatic carbocycles. The van der Waals surface area contributed by atoms with Crippen LogP contribution in [0.25, 0.3) is 11.3 Å². The number of rotatable bonds is 8. The first-order chi connectivity index (χ1) is 19.9. The molecule has 0 saturated heterocycles. The molecule has 1 N–H and O–H groups in total. The average molecular weight is 574 g/mol. The predicted octanol–water partition coefficient (Wildman–Crippen LogP) is 4.70. The Balaban J connectivity index is 1.55. The first-order valence-corrected chi connectivity index (χ1v) is 13.8. The van der Waals surface area contributed by atoms with Gasteiger partial charge in [0.25, 0.3) is 5.56 Å². The van der Waals surface area contributed by atoms with Crippen molar-refractivity contribution in [1.29, 1.82) is 0 Å². The molecule has 42 heavy (non-hydrogen) atoms. The maximum Gasteiger partial charge on any atom is 0.415 e. The van der Waals surface area contributed by atoms with Gasteiger partial charge in [0.05, 0.1) is 29.7 Å². The number of amides is 1. The summed E-state index contributed by atoms with van der Waals surface area (Å²) in [6, 6.07) is 8.58. The molecule has 0 aliphatic heterocycles. The van der Waals surface area contributed by atoms with E-state index in [1.807, 2.05) is 19.1 Å². The molecule has 0 spiro atoms. The molecule has 220 valence electrons. The second-order valence-electron chi connectivity index (χ2n) is 11.5. The number of hydrogen-bond acceptors (Lipinski definition) is 9. The van der Waals surface area contributed by atoms with Crippen molar-refractivity contribution in [2.45, 2.75) is 58.7 Å². The summed E-state index contributed by atoms with van der Waals surface area (Å²) in [4.78, 5) is 50.1. The van der Waals surface area contributed by atoms with Gasteiger partial charge in [0.2, 0.25) is 0 Å². The van der Waals surface area contributed by atoms with Gasteiger partial charge in [-0.3, -0.25) is 24.0 Å². The molecule has 12 heteroatoms. The fraction of sp³-hybridized carbons (Fsp3) is 0.400. The van der Waals surface area contributed by atoms with Gasteiger partial charge >= 0.3 is 6.09 Å². The molecule has 0 radical (unpaired) electrons. The van der Waals surface area contributed by atoms with Crippen molar-refractivity contribution in [2.75, 3.05) is 24.4 Å². The summed E-state index contributed by atoms with van der Waals surface area (Å²) in [5.41, 5.74) is 1.19. The molecule has 4 aromatic rings. The third-order valence-electron chi connectivity index (χ3n) is 7.25. The van der Waals surface area contributed by atoms with Gasteiger partial charge in [-0.15, -0.1) is 0 Å². The number of nitrogens with zero attached hydrogens (tertiary/aromatic N) is 6. The van der Waals surface area contributed by atoms with E-state index in [2.05, 4.69) is 20.4 Å². The molecule has 4 aromatic heterocycles. The van der Waals surface area contributed by atoms with Crippen LogP contribution in [0.1, 0.15) is 56.1 Å². The number of carbonyl (C=O) groups is 2. The van der Waals surface area contributed by atoms with E-state index in [1.165, 1.54) is 20.2 Å². The number of nitrogens with one attached hydrogen (secondary N) is 1. The zero-order valence-corrected chi connectivity index (χ0v) is 24.6. The number of Topliss-reactive ketones (excluding diaryl/α,β-unsaturated/α-hetero) is 1. The second-order valence-corrected chi connectivity index (χ2v) is 11.5. The Hall–Kier alpha value is -4.58. The Labute approximate surface area is 243 Å². The number of carbonyl (C=O) groups excluding carboxylic acids is 2. The number of ketones is 1. The molecule has 1 amide bonds.